The summed E-state index contributed by atoms with van der Waals surface area (Å²) in [5, 5.41) is 8.47. The van der Waals surface area contributed by atoms with Crippen LogP contribution in [0.2, 0.25) is 0 Å². The summed E-state index contributed by atoms with van der Waals surface area (Å²) in [6, 6.07) is 0. The SMILES string of the molecule is C[C@@H]1C(=O)CC[C@@H]1CC(=O)O. The van der Waals surface area contributed by atoms with E-state index in [0.717, 1.165) is 6.42 Å². The molecule has 0 aromatic carbocycles. The molecule has 1 aliphatic carbocycles. The van der Waals surface area contributed by atoms with Crippen molar-refractivity contribution in [3.8, 4) is 0 Å². The molecule has 1 rings (SSSR count). The van der Waals surface area contributed by atoms with Crippen molar-refractivity contribution in [2.45, 2.75) is 26.2 Å². The number of rotatable bonds is 2. The standard InChI is InChI=1S/C8H12O3/c1-5-6(4-8(10)11)2-3-7(5)9/h5-6H,2-4H2,1H3,(H,10,11)/t5-,6+/m0/s1. The van der Waals surface area contributed by atoms with Crippen LogP contribution in [0.15, 0.2) is 0 Å². The van der Waals surface area contributed by atoms with Gasteiger partial charge >= 0.3 is 5.97 Å². The first-order valence-electron chi connectivity index (χ1n) is 3.85. The maximum absolute atomic E-state index is 11.0. The van der Waals surface area contributed by atoms with Gasteiger partial charge in [0.1, 0.15) is 5.78 Å². The molecule has 0 aromatic heterocycles. The monoisotopic (exact) mass is 156 g/mol. The fourth-order valence-electron chi connectivity index (χ4n) is 1.57. The van der Waals surface area contributed by atoms with Crippen LogP contribution < -0.4 is 0 Å². The van der Waals surface area contributed by atoms with Gasteiger partial charge in [0.15, 0.2) is 0 Å². The van der Waals surface area contributed by atoms with Crippen molar-refractivity contribution in [2.24, 2.45) is 11.8 Å². The summed E-state index contributed by atoms with van der Waals surface area (Å²) < 4.78 is 0. The van der Waals surface area contributed by atoms with Gasteiger partial charge in [-0.15, -0.1) is 0 Å². The molecule has 3 heteroatoms. The second kappa shape index (κ2) is 3.03. The normalized spacial score (nSPS) is 30.8. The first kappa shape index (κ1) is 8.24. The average Bonchev–Trinajstić information content (AvgIpc) is 2.18. The summed E-state index contributed by atoms with van der Waals surface area (Å²) in [6.45, 7) is 1.82. The Bertz CT molecular complexity index is 186. The number of carbonyl (C=O) groups is 2. The number of aliphatic carboxylic acids is 1. The molecule has 1 N–H and O–H groups in total. The molecule has 0 aliphatic heterocycles. The molecule has 0 bridgehead atoms. The number of Topliss-reactive ketones (excluding diaryl/α,β-unsaturated/α-hetero) is 1. The number of carboxylic acid groups (broad SMARTS) is 1. The lowest BCUT2D eigenvalue weighted by Crippen LogP contribution is -2.14. The van der Waals surface area contributed by atoms with Gasteiger partial charge in [-0.3, -0.25) is 9.59 Å². The Morgan fingerprint density at radius 1 is 1.73 bits per heavy atom. The van der Waals surface area contributed by atoms with Gasteiger partial charge in [0, 0.05) is 18.8 Å². The molecule has 2 atom stereocenters. The molecule has 0 radical (unpaired) electrons. The van der Waals surface area contributed by atoms with Crippen molar-refractivity contribution in [2.75, 3.05) is 0 Å². The molecule has 0 heterocycles. The lowest BCUT2D eigenvalue weighted by molar-refractivity contribution is -0.138. The molecule has 1 aliphatic rings. The van der Waals surface area contributed by atoms with Crippen LogP contribution in [-0.4, -0.2) is 16.9 Å². The van der Waals surface area contributed by atoms with E-state index in [1.165, 1.54) is 0 Å². The van der Waals surface area contributed by atoms with Crippen LogP contribution in [-0.2, 0) is 9.59 Å². The van der Waals surface area contributed by atoms with Gasteiger partial charge in [-0.1, -0.05) is 6.92 Å². The summed E-state index contributed by atoms with van der Waals surface area (Å²) in [4.78, 5) is 21.3. The summed E-state index contributed by atoms with van der Waals surface area (Å²) >= 11 is 0. The van der Waals surface area contributed by atoms with Crippen molar-refractivity contribution in [3.63, 3.8) is 0 Å². The van der Waals surface area contributed by atoms with Gasteiger partial charge < -0.3 is 5.11 Å². The highest BCUT2D eigenvalue weighted by molar-refractivity contribution is 5.83. The van der Waals surface area contributed by atoms with Crippen LogP contribution in [0, 0.1) is 11.8 Å². The fraction of sp³-hybridized carbons (Fsp3) is 0.750. The van der Waals surface area contributed by atoms with E-state index in [4.69, 9.17) is 5.11 Å². The third-order valence-corrected chi connectivity index (χ3v) is 2.41. The number of hydrogen-bond acceptors (Lipinski definition) is 2. The summed E-state index contributed by atoms with van der Waals surface area (Å²) in [5.41, 5.74) is 0. The van der Waals surface area contributed by atoms with Crippen LogP contribution in [0.5, 0.6) is 0 Å². The van der Waals surface area contributed by atoms with Gasteiger partial charge in [0.25, 0.3) is 0 Å². The predicted molar refractivity (Wildman–Crippen MR) is 39.1 cm³/mol. The Morgan fingerprint density at radius 2 is 2.36 bits per heavy atom. The Morgan fingerprint density at radius 3 is 2.73 bits per heavy atom. The maximum Gasteiger partial charge on any atom is 0.303 e. The third-order valence-electron chi connectivity index (χ3n) is 2.41. The highest BCUT2D eigenvalue weighted by atomic mass is 16.4. The zero-order chi connectivity index (χ0) is 8.43. The lowest BCUT2D eigenvalue weighted by atomic mass is 9.94. The highest BCUT2D eigenvalue weighted by Crippen LogP contribution is 2.30. The zero-order valence-electron chi connectivity index (χ0n) is 6.54. The molecule has 0 spiro atoms. The smallest absolute Gasteiger partial charge is 0.303 e. The Hall–Kier alpha value is -0.860. The molecule has 1 saturated carbocycles. The van der Waals surface area contributed by atoms with E-state index < -0.39 is 5.97 Å². The molecular weight excluding hydrogens is 144 g/mol. The molecule has 62 valence electrons. The molecule has 1 fully saturated rings. The molecular formula is C8H12O3. The summed E-state index contributed by atoms with van der Waals surface area (Å²) in [5.74, 6) is -0.529. The van der Waals surface area contributed by atoms with Crippen LogP contribution in [0.1, 0.15) is 26.2 Å². The maximum atomic E-state index is 11.0. The van der Waals surface area contributed by atoms with Crippen molar-refractivity contribution in [1.82, 2.24) is 0 Å². The van der Waals surface area contributed by atoms with Crippen LogP contribution in [0.25, 0.3) is 0 Å². The van der Waals surface area contributed by atoms with E-state index in [2.05, 4.69) is 0 Å². The Kier molecular flexibility index (Phi) is 2.27. The predicted octanol–water partition coefficient (Wildman–Crippen LogP) is 1.08. The quantitative estimate of drug-likeness (QED) is 0.650. The molecule has 0 aromatic rings. The third kappa shape index (κ3) is 1.79. The number of ketones is 1. The van der Waals surface area contributed by atoms with Gasteiger partial charge in [0.2, 0.25) is 0 Å². The van der Waals surface area contributed by atoms with Crippen molar-refractivity contribution >= 4 is 11.8 Å². The minimum Gasteiger partial charge on any atom is -0.481 e. The van der Waals surface area contributed by atoms with Gasteiger partial charge in [-0.2, -0.15) is 0 Å². The van der Waals surface area contributed by atoms with E-state index in [-0.39, 0.29) is 24.0 Å². The highest BCUT2D eigenvalue weighted by Gasteiger charge is 2.31. The van der Waals surface area contributed by atoms with E-state index in [1.807, 2.05) is 6.92 Å². The van der Waals surface area contributed by atoms with E-state index in [1.54, 1.807) is 0 Å². The van der Waals surface area contributed by atoms with Gasteiger partial charge in [-0.05, 0) is 12.3 Å². The van der Waals surface area contributed by atoms with E-state index in [9.17, 15) is 9.59 Å². The van der Waals surface area contributed by atoms with E-state index >= 15 is 0 Å². The minimum atomic E-state index is -0.795. The van der Waals surface area contributed by atoms with Crippen molar-refractivity contribution < 1.29 is 14.7 Å². The van der Waals surface area contributed by atoms with E-state index in [0.29, 0.717) is 6.42 Å². The number of carbonyl (C=O) groups excluding carboxylic acids is 1. The first-order valence-corrected chi connectivity index (χ1v) is 3.85. The number of hydrogen-bond donors (Lipinski definition) is 1. The largest absolute Gasteiger partial charge is 0.481 e. The fourth-order valence-corrected chi connectivity index (χ4v) is 1.57. The molecule has 3 nitrogen and oxygen atoms in total. The summed E-state index contributed by atoms with van der Waals surface area (Å²) in [6.07, 6.45) is 1.47. The molecule has 0 unspecified atom stereocenters. The average molecular weight is 156 g/mol. The number of carboxylic acids is 1. The van der Waals surface area contributed by atoms with Crippen LogP contribution in [0.4, 0.5) is 0 Å². The first-order chi connectivity index (χ1) is 5.11. The molecule has 11 heavy (non-hydrogen) atoms. The van der Waals surface area contributed by atoms with Crippen LogP contribution in [0.3, 0.4) is 0 Å². The second-order valence-corrected chi connectivity index (χ2v) is 3.15. The van der Waals surface area contributed by atoms with Gasteiger partial charge in [0.05, 0.1) is 0 Å². The Labute approximate surface area is 65.4 Å². The van der Waals surface area contributed by atoms with Crippen LogP contribution >= 0.6 is 0 Å². The molecule has 0 saturated heterocycles. The topological polar surface area (TPSA) is 54.4 Å². The molecule has 0 amide bonds. The lowest BCUT2D eigenvalue weighted by Gasteiger charge is -2.09. The van der Waals surface area contributed by atoms with Gasteiger partial charge in [-0.25, -0.2) is 0 Å². The zero-order valence-corrected chi connectivity index (χ0v) is 6.54. The van der Waals surface area contributed by atoms with Crippen molar-refractivity contribution in [3.05, 3.63) is 0 Å². The summed E-state index contributed by atoms with van der Waals surface area (Å²) in [7, 11) is 0. The second-order valence-electron chi connectivity index (χ2n) is 3.15. The van der Waals surface area contributed by atoms with Crippen molar-refractivity contribution in [1.29, 1.82) is 0 Å². The minimum absolute atomic E-state index is 0.0360. The Balaban J connectivity index is 2.48.